The molecule has 13 heteroatoms. The van der Waals surface area contributed by atoms with Crippen molar-refractivity contribution in [2.24, 2.45) is 0 Å². The lowest BCUT2D eigenvalue weighted by Crippen LogP contribution is -2.44. The zero-order valence-electron chi connectivity index (χ0n) is 25.9. The van der Waals surface area contributed by atoms with Crippen LogP contribution in [0, 0.1) is 0 Å². The van der Waals surface area contributed by atoms with Gasteiger partial charge in [0.25, 0.3) is 0 Å². The van der Waals surface area contributed by atoms with Gasteiger partial charge in [-0.05, 0) is 83.8 Å². The molecule has 1 N–H and O–H groups in total. The molecule has 0 saturated carbocycles. The maximum atomic E-state index is 13.2. The van der Waals surface area contributed by atoms with Crippen molar-refractivity contribution in [3.8, 4) is 22.7 Å². The Labute approximate surface area is 259 Å². The number of carbonyl (C=O) groups excluding carboxylic acids is 3. The molecule has 0 aliphatic heterocycles. The molecule has 232 valence electrons. The second-order valence-corrected chi connectivity index (χ2v) is 13.4. The van der Waals surface area contributed by atoms with Gasteiger partial charge < -0.3 is 24.1 Å². The van der Waals surface area contributed by atoms with E-state index < -0.39 is 29.0 Å². The second kappa shape index (κ2) is 13.2. The molecule has 3 rings (SSSR count). The fourth-order valence-electron chi connectivity index (χ4n) is 3.56. The van der Waals surface area contributed by atoms with Crippen LogP contribution in [0.1, 0.15) is 67.9 Å². The van der Waals surface area contributed by atoms with Crippen LogP contribution in [0.5, 0.6) is 0 Å². The number of halogens is 1. The van der Waals surface area contributed by atoms with E-state index >= 15 is 0 Å². The van der Waals surface area contributed by atoms with Crippen LogP contribution in [-0.4, -0.2) is 56.6 Å². The van der Waals surface area contributed by atoms with E-state index in [1.807, 2.05) is 45.0 Å². The van der Waals surface area contributed by atoms with Crippen LogP contribution in [0.25, 0.3) is 22.7 Å². The summed E-state index contributed by atoms with van der Waals surface area (Å²) in [4.78, 5) is 47.8. The number of hydrogen-bond acceptors (Lipinski definition) is 11. The Balaban J connectivity index is 1.87. The Bertz CT molecular complexity index is 1420. The third kappa shape index (κ3) is 10.4. The fraction of sp³-hybridized carbons (Fsp3) is 0.467. The topological polar surface area (TPSA) is 146 Å². The van der Waals surface area contributed by atoms with E-state index in [1.54, 1.807) is 47.6 Å². The molecule has 43 heavy (non-hydrogen) atoms. The highest BCUT2D eigenvalue weighted by molar-refractivity contribution is 9.10. The minimum absolute atomic E-state index is 0.0628. The van der Waals surface area contributed by atoms with Crippen LogP contribution in [0.15, 0.2) is 45.7 Å². The third-order valence-corrected chi connectivity index (χ3v) is 5.48. The average molecular weight is 661 g/mol. The van der Waals surface area contributed by atoms with Crippen molar-refractivity contribution in [2.75, 3.05) is 11.4 Å². The first-order valence-corrected chi connectivity index (χ1v) is 14.4. The van der Waals surface area contributed by atoms with Crippen LogP contribution in [0.4, 0.5) is 15.4 Å². The summed E-state index contributed by atoms with van der Waals surface area (Å²) in [5.41, 5.74) is -0.116. The summed E-state index contributed by atoms with van der Waals surface area (Å²) in [6.07, 6.45) is -0.640. The van der Waals surface area contributed by atoms with Gasteiger partial charge >= 0.3 is 18.2 Å². The molecular weight excluding hydrogens is 622 g/mol. The maximum Gasteiger partial charge on any atom is 0.425 e. The van der Waals surface area contributed by atoms with Crippen molar-refractivity contribution in [2.45, 2.75) is 85.7 Å². The number of nitrogens with zero attached hydrogens (tertiary/aromatic N) is 4. The quantitative estimate of drug-likeness (QED) is 0.214. The van der Waals surface area contributed by atoms with Gasteiger partial charge in [0.1, 0.15) is 27.1 Å². The summed E-state index contributed by atoms with van der Waals surface area (Å²) in [5.74, 6) is -0.328. The van der Waals surface area contributed by atoms with Gasteiger partial charge in [-0.15, -0.1) is 0 Å². The van der Waals surface area contributed by atoms with Crippen LogP contribution in [0.2, 0.25) is 0 Å². The van der Waals surface area contributed by atoms with Gasteiger partial charge in [-0.3, -0.25) is 4.79 Å². The lowest BCUT2D eigenvalue weighted by molar-refractivity contribution is -0.153. The second-order valence-electron chi connectivity index (χ2n) is 12.6. The minimum Gasteiger partial charge on any atom is -0.459 e. The van der Waals surface area contributed by atoms with Crippen molar-refractivity contribution in [3.05, 3.63) is 46.7 Å². The normalized spacial score (nSPS) is 12.0. The van der Waals surface area contributed by atoms with E-state index in [-0.39, 0.29) is 29.8 Å². The zero-order chi connectivity index (χ0) is 32.2. The minimum atomic E-state index is -0.991. The fourth-order valence-corrected chi connectivity index (χ4v) is 3.84. The zero-order valence-corrected chi connectivity index (χ0v) is 27.5. The molecule has 2 amide bonds. The molecule has 0 aliphatic carbocycles. The molecule has 0 aliphatic rings. The van der Waals surface area contributed by atoms with E-state index in [0.29, 0.717) is 21.7 Å². The Morgan fingerprint density at radius 1 is 0.884 bits per heavy atom. The van der Waals surface area contributed by atoms with Gasteiger partial charge in [-0.1, -0.05) is 29.4 Å². The molecule has 1 aromatic carbocycles. The van der Waals surface area contributed by atoms with Crippen LogP contribution in [0.3, 0.4) is 0 Å². The standard InChI is InChI=1S/C30H38BrN5O7/c1-28(2,3)40-23(37)17-32-15-18-10-12-19(13-11-18)20-14-21(43-35-20)24-25(33-16-22(31)34-24)36(26(38)41-29(4,5)6)27(39)42-30(7,8)9/h10-14,16,32H,15,17H2,1-9H3. The average Bonchev–Trinajstić information content (AvgIpc) is 3.32. The summed E-state index contributed by atoms with van der Waals surface area (Å²) in [5, 5.41) is 7.23. The number of carbonyl (C=O) groups is 3. The van der Waals surface area contributed by atoms with E-state index in [4.69, 9.17) is 18.7 Å². The van der Waals surface area contributed by atoms with Gasteiger partial charge in [0.15, 0.2) is 17.3 Å². The van der Waals surface area contributed by atoms with Crippen LogP contribution < -0.4 is 10.2 Å². The molecule has 0 fully saturated rings. The summed E-state index contributed by atoms with van der Waals surface area (Å²) >= 11 is 3.30. The highest BCUT2D eigenvalue weighted by Crippen LogP contribution is 2.33. The van der Waals surface area contributed by atoms with E-state index in [1.165, 1.54) is 6.20 Å². The molecule has 0 spiro atoms. The lowest BCUT2D eigenvalue weighted by Gasteiger charge is -2.28. The largest absolute Gasteiger partial charge is 0.459 e. The van der Waals surface area contributed by atoms with Crippen molar-refractivity contribution in [1.82, 2.24) is 20.4 Å². The maximum absolute atomic E-state index is 13.2. The lowest BCUT2D eigenvalue weighted by atomic mass is 10.1. The molecule has 0 atom stereocenters. The van der Waals surface area contributed by atoms with Gasteiger partial charge in [-0.2, -0.15) is 4.90 Å². The van der Waals surface area contributed by atoms with Crippen molar-refractivity contribution in [1.29, 1.82) is 0 Å². The number of aromatic nitrogens is 3. The summed E-state index contributed by atoms with van der Waals surface area (Å²) in [6.45, 7) is 16.1. The molecule has 0 unspecified atom stereocenters. The molecule has 2 aromatic heterocycles. The highest BCUT2D eigenvalue weighted by Gasteiger charge is 2.36. The number of imide groups is 1. The predicted molar refractivity (Wildman–Crippen MR) is 163 cm³/mol. The number of nitrogens with one attached hydrogen (secondary N) is 1. The van der Waals surface area contributed by atoms with Gasteiger partial charge in [0, 0.05) is 18.2 Å². The molecule has 12 nitrogen and oxygen atoms in total. The molecule has 0 saturated heterocycles. The number of benzene rings is 1. The number of hydrogen-bond donors (Lipinski definition) is 1. The molecule has 0 radical (unpaired) electrons. The number of esters is 1. The number of anilines is 1. The predicted octanol–water partition coefficient (Wildman–Crippen LogP) is 6.67. The van der Waals surface area contributed by atoms with Crippen molar-refractivity contribution < 1.29 is 33.1 Å². The summed E-state index contributed by atoms with van der Waals surface area (Å²) in [6, 6.07) is 9.12. The smallest absolute Gasteiger partial charge is 0.425 e. The van der Waals surface area contributed by atoms with Crippen molar-refractivity contribution >= 4 is 39.9 Å². The Morgan fingerprint density at radius 2 is 1.44 bits per heavy atom. The van der Waals surface area contributed by atoms with Gasteiger partial charge in [0.2, 0.25) is 0 Å². The first kappa shape index (κ1) is 33.7. The number of amides is 2. The van der Waals surface area contributed by atoms with Gasteiger partial charge in [0.05, 0.1) is 12.7 Å². The first-order valence-electron chi connectivity index (χ1n) is 13.6. The van der Waals surface area contributed by atoms with Gasteiger partial charge in [-0.25, -0.2) is 19.6 Å². The molecule has 2 heterocycles. The first-order chi connectivity index (χ1) is 19.8. The summed E-state index contributed by atoms with van der Waals surface area (Å²) in [7, 11) is 0. The third-order valence-electron chi connectivity index (χ3n) is 5.10. The molecule has 0 bridgehead atoms. The van der Waals surface area contributed by atoms with E-state index in [9.17, 15) is 14.4 Å². The Hall–Kier alpha value is -3.84. The highest BCUT2D eigenvalue weighted by atomic mass is 79.9. The van der Waals surface area contributed by atoms with Crippen molar-refractivity contribution in [3.63, 3.8) is 0 Å². The Morgan fingerprint density at radius 3 is 1.98 bits per heavy atom. The number of ether oxygens (including phenoxy) is 3. The molecule has 3 aromatic rings. The molecular formula is C30H38BrN5O7. The van der Waals surface area contributed by atoms with Crippen LogP contribution >= 0.6 is 15.9 Å². The monoisotopic (exact) mass is 659 g/mol. The SMILES string of the molecule is CC(C)(C)OC(=O)CNCc1ccc(-c2cc(-c3nc(Br)cnc3N(C(=O)OC(C)(C)C)C(=O)OC(C)(C)C)on2)cc1. The summed E-state index contributed by atoms with van der Waals surface area (Å²) < 4.78 is 22.2. The van der Waals surface area contributed by atoms with E-state index in [2.05, 4.69) is 36.4 Å². The van der Waals surface area contributed by atoms with E-state index in [0.717, 1.165) is 11.1 Å². The number of rotatable bonds is 7. The van der Waals surface area contributed by atoms with Crippen LogP contribution in [-0.2, 0) is 25.5 Å². The Kier molecular flexibility index (Phi) is 10.3.